The molecule has 0 spiro atoms. The average Bonchev–Trinajstić information content (AvgIpc) is 3.31. The lowest BCUT2D eigenvalue weighted by Crippen LogP contribution is -2.49. The zero-order valence-corrected chi connectivity index (χ0v) is 15.6. The van der Waals surface area contributed by atoms with Crippen LogP contribution in [-0.2, 0) is 11.3 Å². The van der Waals surface area contributed by atoms with Crippen LogP contribution >= 0.6 is 0 Å². The van der Waals surface area contributed by atoms with E-state index in [4.69, 9.17) is 15.2 Å². The molecule has 0 amide bonds. The van der Waals surface area contributed by atoms with Crippen LogP contribution < -0.4 is 15.8 Å². The molecule has 2 aromatic heterocycles. The van der Waals surface area contributed by atoms with Crippen molar-refractivity contribution in [1.29, 1.82) is 0 Å². The van der Waals surface area contributed by atoms with Crippen LogP contribution in [0.3, 0.4) is 0 Å². The van der Waals surface area contributed by atoms with Crippen molar-refractivity contribution < 1.29 is 9.47 Å². The summed E-state index contributed by atoms with van der Waals surface area (Å²) in [5.74, 6) is 0.838. The second-order valence-corrected chi connectivity index (χ2v) is 7.33. The molecule has 3 N–H and O–H groups in total. The van der Waals surface area contributed by atoms with Gasteiger partial charge >= 0.3 is 0 Å². The first-order valence-corrected chi connectivity index (χ1v) is 9.37. The second kappa shape index (κ2) is 7.68. The fourth-order valence-electron chi connectivity index (χ4n) is 3.32. The highest BCUT2D eigenvalue weighted by atomic mass is 16.5. The van der Waals surface area contributed by atoms with Gasteiger partial charge < -0.3 is 24.9 Å². The summed E-state index contributed by atoms with van der Waals surface area (Å²) in [7, 11) is 0. The standard InChI is InChI=1S/C21H26N4O2/c1-16(23-14-21(22)8-10-26-15-21)17-5-4-6-19(11-17)27-13-18-12-25-9-3-2-7-20(25)24-18/h2-7,9,11-12,16,23H,8,10,13-15,22H2,1H3. The van der Waals surface area contributed by atoms with E-state index in [2.05, 4.69) is 29.4 Å². The zero-order valence-electron chi connectivity index (χ0n) is 15.6. The van der Waals surface area contributed by atoms with Crippen molar-refractivity contribution in [1.82, 2.24) is 14.7 Å². The maximum atomic E-state index is 6.34. The van der Waals surface area contributed by atoms with E-state index >= 15 is 0 Å². The third-order valence-corrected chi connectivity index (χ3v) is 5.05. The van der Waals surface area contributed by atoms with Crippen molar-refractivity contribution in [2.45, 2.75) is 31.5 Å². The fraction of sp³-hybridized carbons (Fsp3) is 0.381. The van der Waals surface area contributed by atoms with Gasteiger partial charge in [-0.1, -0.05) is 18.2 Å². The van der Waals surface area contributed by atoms with E-state index in [0.29, 0.717) is 13.2 Å². The lowest BCUT2D eigenvalue weighted by atomic mass is 9.99. The molecule has 4 rings (SSSR count). The van der Waals surface area contributed by atoms with E-state index in [1.807, 2.05) is 47.1 Å². The highest BCUT2D eigenvalue weighted by Crippen LogP contribution is 2.22. The monoisotopic (exact) mass is 366 g/mol. The molecule has 6 heteroatoms. The number of nitrogens with zero attached hydrogens (tertiary/aromatic N) is 2. The number of rotatable bonds is 7. The Balaban J connectivity index is 1.36. The topological polar surface area (TPSA) is 73.8 Å². The van der Waals surface area contributed by atoms with Gasteiger partial charge in [-0.2, -0.15) is 0 Å². The summed E-state index contributed by atoms with van der Waals surface area (Å²) in [6.45, 7) is 4.69. The molecule has 1 aromatic carbocycles. The van der Waals surface area contributed by atoms with Gasteiger partial charge in [-0.25, -0.2) is 4.98 Å². The Hall–Kier alpha value is -2.41. The number of benzene rings is 1. The maximum absolute atomic E-state index is 6.34. The third-order valence-electron chi connectivity index (χ3n) is 5.05. The van der Waals surface area contributed by atoms with Crippen molar-refractivity contribution in [2.75, 3.05) is 19.8 Å². The van der Waals surface area contributed by atoms with Gasteiger partial charge in [0.25, 0.3) is 0 Å². The van der Waals surface area contributed by atoms with Crippen LogP contribution in [0.15, 0.2) is 54.9 Å². The first-order chi connectivity index (χ1) is 13.1. The minimum atomic E-state index is -0.258. The van der Waals surface area contributed by atoms with Gasteiger partial charge in [-0.15, -0.1) is 0 Å². The number of nitrogens with one attached hydrogen (secondary N) is 1. The van der Waals surface area contributed by atoms with E-state index in [9.17, 15) is 0 Å². The minimum absolute atomic E-state index is 0.185. The summed E-state index contributed by atoms with van der Waals surface area (Å²) in [6.07, 6.45) is 4.88. The SMILES string of the molecule is CC(NCC1(N)CCOC1)c1cccc(OCc2cn3ccccc3n2)c1. The van der Waals surface area contributed by atoms with E-state index in [1.165, 1.54) is 5.56 Å². The van der Waals surface area contributed by atoms with Gasteiger partial charge in [0.15, 0.2) is 0 Å². The smallest absolute Gasteiger partial charge is 0.137 e. The van der Waals surface area contributed by atoms with Crippen molar-refractivity contribution in [3.63, 3.8) is 0 Å². The van der Waals surface area contributed by atoms with E-state index in [1.54, 1.807) is 0 Å². The van der Waals surface area contributed by atoms with Crippen molar-refractivity contribution in [3.8, 4) is 5.75 Å². The normalized spacial score (nSPS) is 20.8. The molecular weight excluding hydrogens is 340 g/mol. The number of hydrogen-bond donors (Lipinski definition) is 2. The van der Waals surface area contributed by atoms with Crippen LogP contribution in [-0.4, -0.2) is 34.7 Å². The predicted molar refractivity (Wildman–Crippen MR) is 105 cm³/mol. The first-order valence-electron chi connectivity index (χ1n) is 9.37. The molecule has 0 radical (unpaired) electrons. The van der Waals surface area contributed by atoms with Crippen LogP contribution in [0.25, 0.3) is 5.65 Å². The Labute approximate surface area is 159 Å². The molecule has 1 aliphatic heterocycles. The molecule has 3 aromatic rings. The molecule has 142 valence electrons. The lowest BCUT2D eigenvalue weighted by Gasteiger charge is -2.25. The molecule has 0 aliphatic carbocycles. The maximum Gasteiger partial charge on any atom is 0.137 e. The van der Waals surface area contributed by atoms with E-state index in [-0.39, 0.29) is 11.6 Å². The quantitative estimate of drug-likeness (QED) is 0.673. The van der Waals surface area contributed by atoms with Gasteiger partial charge in [0.05, 0.1) is 17.8 Å². The summed E-state index contributed by atoms with van der Waals surface area (Å²) >= 11 is 0. The third kappa shape index (κ3) is 4.30. The molecule has 27 heavy (non-hydrogen) atoms. The average molecular weight is 366 g/mol. The largest absolute Gasteiger partial charge is 0.487 e. The van der Waals surface area contributed by atoms with Crippen LogP contribution in [0.2, 0.25) is 0 Å². The second-order valence-electron chi connectivity index (χ2n) is 7.33. The van der Waals surface area contributed by atoms with Gasteiger partial charge in [-0.05, 0) is 43.2 Å². The number of fused-ring (bicyclic) bond motifs is 1. The summed E-state index contributed by atoms with van der Waals surface area (Å²) < 4.78 is 13.4. The molecule has 6 nitrogen and oxygen atoms in total. The number of imidazole rings is 1. The first kappa shape index (κ1) is 18.0. The molecule has 1 saturated heterocycles. The Morgan fingerprint density at radius 1 is 1.33 bits per heavy atom. The van der Waals surface area contributed by atoms with Gasteiger partial charge in [-0.3, -0.25) is 0 Å². The Morgan fingerprint density at radius 2 is 2.26 bits per heavy atom. The highest BCUT2D eigenvalue weighted by molar-refractivity contribution is 5.39. The molecular formula is C21H26N4O2. The van der Waals surface area contributed by atoms with E-state index in [0.717, 1.165) is 36.7 Å². The fourth-order valence-corrected chi connectivity index (χ4v) is 3.32. The summed E-state index contributed by atoms with van der Waals surface area (Å²) in [6, 6.07) is 14.3. The number of aromatic nitrogens is 2. The number of ether oxygens (including phenoxy) is 2. The molecule has 0 saturated carbocycles. The van der Waals surface area contributed by atoms with Crippen molar-refractivity contribution >= 4 is 5.65 Å². The Bertz CT molecular complexity index is 869. The van der Waals surface area contributed by atoms with E-state index < -0.39 is 0 Å². The molecule has 2 unspecified atom stereocenters. The molecule has 0 bridgehead atoms. The minimum Gasteiger partial charge on any atom is -0.487 e. The van der Waals surface area contributed by atoms with Gasteiger partial charge in [0.1, 0.15) is 18.0 Å². The van der Waals surface area contributed by atoms with Gasteiger partial charge in [0, 0.05) is 31.6 Å². The Kier molecular flexibility index (Phi) is 5.11. The summed E-state index contributed by atoms with van der Waals surface area (Å²) in [4.78, 5) is 4.57. The Morgan fingerprint density at radius 3 is 3.07 bits per heavy atom. The van der Waals surface area contributed by atoms with Crippen LogP contribution in [0, 0.1) is 0 Å². The lowest BCUT2D eigenvalue weighted by molar-refractivity contribution is 0.176. The molecule has 2 atom stereocenters. The summed E-state index contributed by atoms with van der Waals surface area (Å²) in [5.41, 5.74) is 9.08. The van der Waals surface area contributed by atoms with Gasteiger partial charge in [0.2, 0.25) is 0 Å². The predicted octanol–water partition coefficient (Wildman–Crippen LogP) is 2.68. The molecule has 1 fully saturated rings. The molecule has 1 aliphatic rings. The van der Waals surface area contributed by atoms with Crippen LogP contribution in [0.4, 0.5) is 0 Å². The number of pyridine rings is 1. The number of nitrogens with two attached hydrogens (primary N) is 1. The zero-order chi connectivity index (χ0) is 18.7. The van der Waals surface area contributed by atoms with Crippen LogP contribution in [0.1, 0.15) is 30.6 Å². The number of hydrogen-bond acceptors (Lipinski definition) is 5. The van der Waals surface area contributed by atoms with Crippen molar-refractivity contribution in [2.24, 2.45) is 5.73 Å². The van der Waals surface area contributed by atoms with Crippen molar-refractivity contribution in [3.05, 3.63) is 66.1 Å². The highest BCUT2D eigenvalue weighted by Gasteiger charge is 2.30. The summed E-state index contributed by atoms with van der Waals surface area (Å²) in [5, 5.41) is 3.52. The molecule has 3 heterocycles. The van der Waals surface area contributed by atoms with Crippen LogP contribution in [0.5, 0.6) is 5.75 Å².